The van der Waals surface area contributed by atoms with E-state index in [0.29, 0.717) is 5.69 Å². The first-order valence-corrected chi connectivity index (χ1v) is 7.37. The summed E-state index contributed by atoms with van der Waals surface area (Å²) in [6.45, 7) is 1.67. The molecule has 2 amide bonds. The molecular formula is C14H14BrFN2O2. The lowest BCUT2D eigenvalue weighted by Gasteiger charge is -2.37. The quantitative estimate of drug-likeness (QED) is 0.897. The summed E-state index contributed by atoms with van der Waals surface area (Å²) in [4.78, 5) is 26.1. The zero-order chi connectivity index (χ0) is 14.4. The zero-order valence-electron chi connectivity index (χ0n) is 10.9. The summed E-state index contributed by atoms with van der Waals surface area (Å²) in [6, 6.07) is 3.32. The van der Waals surface area contributed by atoms with E-state index in [2.05, 4.69) is 21.2 Å². The Balaban J connectivity index is 1.97. The van der Waals surface area contributed by atoms with Crippen molar-refractivity contribution in [2.75, 3.05) is 4.90 Å². The summed E-state index contributed by atoms with van der Waals surface area (Å²) < 4.78 is 13.6. The van der Waals surface area contributed by atoms with E-state index in [0.717, 1.165) is 12.8 Å². The molecule has 1 saturated carbocycles. The van der Waals surface area contributed by atoms with E-state index in [1.165, 1.54) is 23.1 Å². The SMILES string of the molecule is CC1C(=O)NC(C2CC2)C(=O)N1c1ccc(F)c(Br)c1. The summed E-state index contributed by atoms with van der Waals surface area (Å²) in [6.07, 6.45) is 1.93. The van der Waals surface area contributed by atoms with Crippen LogP contribution in [0.1, 0.15) is 19.8 Å². The molecular weight excluding hydrogens is 327 g/mol. The standard InChI is InChI=1S/C14H14BrFN2O2/c1-7-13(19)17-12(8-2-3-8)14(20)18(7)9-4-5-11(16)10(15)6-9/h4-8,12H,2-3H2,1H3,(H,17,19). The minimum atomic E-state index is -0.588. The predicted molar refractivity (Wildman–Crippen MR) is 75.7 cm³/mol. The summed E-state index contributed by atoms with van der Waals surface area (Å²) in [5.41, 5.74) is 0.538. The molecule has 1 aliphatic carbocycles. The second kappa shape index (κ2) is 4.84. The van der Waals surface area contributed by atoms with Gasteiger partial charge in [0, 0.05) is 5.69 Å². The van der Waals surface area contributed by atoms with Gasteiger partial charge in [0.1, 0.15) is 17.9 Å². The number of piperazine rings is 1. The third-order valence-electron chi connectivity index (χ3n) is 3.84. The molecule has 4 nitrogen and oxygen atoms in total. The maximum Gasteiger partial charge on any atom is 0.250 e. The van der Waals surface area contributed by atoms with Crippen molar-refractivity contribution in [1.29, 1.82) is 0 Å². The van der Waals surface area contributed by atoms with Crippen molar-refractivity contribution in [1.82, 2.24) is 5.32 Å². The molecule has 2 atom stereocenters. The number of carbonyl (C=O) groups excluding carboxylic acids is 2. The highest BCUT2D eigenvalue weighted by Crippen LogP contribution is 2.36. The Morgan fingerprint density at radius 2 is 2.05 bits per heavy atom. The van der Waals surface area contributed by atoms with Crippen molar-refractivity contribution < 1.29 is 14.0 Å². The van der Waals surface area contributed by atoms with Crippen molar-refractivity contribution in [3.8, 4) is 0 Å². The number of hydrogen-bond donors (Lipinski definition) is 1. The Morgan fingerprint density at radius 1 is 1.35 bits per heavy atom. The molecule has 1 aliphatic heterocycles. The van der Waals surface area contributed by atoms with Crippen LogP contribution in [-0.4, -0.2) is 23.9 Å². The fourth-order valence-corrected chi connectivity index (χ4v) is 2.90. The average molecular weight is 341 g/mol. The Labute approximate surface area is 124 Å². The zero-order valence-corrected chi connectivity index (χ0v) is 12.5. The van der Waals surface area contributed by atoms with Crippen molar-refractivity contribution in [2.45, 2.75) is 31.8 Å². The maximum absolute atomic E-state index is 13.3. The number of nitrogens with zero attached hydrogens (tertiary/aromatic N) is 1. The number of anilines is 1. The van der Waals surface area contributed by atoms with E-state index in [1.807, 2.05) is 0 Å². The van der Waals surface area contributed by atoms with Gasteiger partial charge in [-0.15, -0.1) is 0 Å². The largest absolute Gasteiger partial charge is 0.342 e. The molecule has 20 heavy (non-hydrogen) atoms. The van der Waals surface area contributed by atoms with Gasteiger partial charge in [0.05, 0.1) is 4.47 Å². The monoisotopic (exact) mass is 340 g/mol. The lowest BCUT2D eigenvalue weighted by molar-refractivity contribution is -0.133. The van der Waals surface area contributed by atoms with E-state index < -0.39 is 17.9 Å². The average Bonchev–Trinajstić information content (AvgIpc) is 3.22. The molecule has 2 fully saturated rings. The van der Waals surface area contributed by atoms with Crippen molar-refractivity contribution in [3.63, 3.8) is 0 Å². The molecule has 6 heteroatoms. The lowest BCUT2D eigenvalue weighted by Crippen LogP contribution is -2.63. The van der Waals surface area contributed by atoms with Crippen LogP contribution in [0.4, 0.5) is 10.1 Å². The maximum atomic E-state index is 13.3. The van der Waals surface area contributed by atoms with Crippen LogP contribution < -0.4 is 10.2 Å². The van der Waals surface area contributed by atoms with Gasteiger partial charge in [0.2, 0.25) is 5.91 Å². The highest BCUT2D eigenvalue weighted by atomic mass is 79.9. The number of amides is 2. The first-order valence-electron chi connectivity index (χ1n) is 6.57. The van der Waals surface area contributed by atoms with Gasteiger partial charge >= 0.3 is 0 Å². The molecule has 2 aliphatic rings. The van der Waals surface area contributed by atoms with Crippen LogP contribution in [-0.2, 0) is 9.59 Å². The van der Waals surface area contributed by atoms with E-state index in [4.69, 9.17) is 0 Å². The fraction of sp³-hybridized carbons (Fsp3) is 0.429. The summed E-state index contributed by atoms with van der Waals surface area (Å²) in [5, 5.41) is 2.79. The normalized spacial score (nSPS) is 26.6. The van der Waals surface area contributed by atoms with Crippen molar-refractivity contribution in [3.05, 3.63) is 28.5 Å². The first-order chi connectivity index (χ1) is 9.49. The fourth-order valence-electron chi connectivity index (χ4n) is 2.53. The smallest absolute Gasteiger partial charge is 0.250 e. The lowest BCUT2D eigenvalue weighted by atomic mass is 10.0. The van der Waals surface area contributed by atoms with Crippen LogP contribution in [0, 0.1) is 11.7 Å². The first kappa shape index (κ1) is 13.5. The van der Waals surface area contributed by atoms with E-state index >= 15 is 0 Å². The third kappa shape index (κ3) is 2.22. The van der Waals surface area contributed by atoms with Crippen LogP contribution in [0.2, 0.25) is 0 Å². The number of benzene rings is 1. The molecule has 106 valence electrons. The highest BCUT2D eigenvalue weighted by Gasteiger charge is 2.46. The summed E-state index contributed by atoms with van der Waals surface area (Å²) >= 11 is 3.11. The minimum Gasteiger partial charge on any atom is -0.342 e. The Morgan fingerprint density at radius 3 is 2.65 bits per heavy atom. The molecule has 3 rings (SSSR count). The second-order valence-corrected chi connectivity index (χ2v) is 6.16. The minimum absolute atomic E-state index is 0.113. The van der Waals surface area contributed by atoms with Crippen LogP contribution in [0.3, 0.4) is 0 Å². The van der Waals surface area contributed by atoms with Gasteiger partial charge in [-0.1, -0.05) is 0 Å². The molecule has 1 aromatic rings. The molecule has 1 saturated heterocycles. The highest BCUT2D eigenvalue weighted by molar-refractivity contribution is 9.10. The van der Waals surface area contributed by atoms with Gasteiger partial charge in [-0.05, 0) is 59.8 Å². The Hall–Kier alpha value is -1.43. The van der Waals surface area contributed by atoms with Gasteiger partial charge in [-0.2, -0.15) is 0 Å². The molecule has 0 bridgehead atoms. The number of halogens is 2. The predicted octanol–water partition coefficient (Wildman–Crippen LogP) is 2.22. The van der Waals surface area contributed by atoms with E-state index in [1.54, 1.807) is 6.92 Å². The van der Waals surface area contributed by atoms with Crippen LogP contribution in [0.5, 0.6) is 0 Å². The van der Waals surface area contributed by atoms with E-state index in [9.17, 15) is 14.0 Å². The molecule has 1 N–H and O–H groups in total. The molecule has 2 unspecified atom stereocenters. The topological polar surface area (TPSA) is 49.4 Å². The Kier molecular flexibility index (Phi) is 3.28. The van der Waals surface area contributed by atoms with Crippen molar-refractivity contribution >= 4 is 33.4 Å². The van der Waals surface area contributed by atoms with Gasteiger partial charge in [0.15, 0.2) is 0 Å². The van der Waals surface area contributed by atoms with Gasteiger partial charge in [0.25, 0.3) is 5.91 Å². The van der Waals surface area contributed by atoms with Gasteiger partial charge < -0.3 is 5.32 Å². The molecule has 0 aromatic heterocycles. The van der Waals surface area contributed by atoms with Gasteiger partial charge in [-0.25, -0.2) is 4.39 Å². The molecule has 1 aromatic carbocycles. The summed E-state index contributed by atoms with van der Waals surface area (Å²) in [7, 11) is 0. The van der Waals surface area contributed by atoms with Crippen LogP contribution >= 0.6 is 15.9 Å². The Bertz CT molecular complexity index is 589. The molecule has 0 radical (unpaired) electrons. The van der Waals surface area contributed by atoms with E-state index in [-0.39, 0.29) is 22.2 Å². The number of nitrogens with one attached hydrogen (secondary N) is 1. The number of carbonyl (C=O) groups is 2. The molecule has 0 spiro atoms. The van der Waals surface area contributed by atoms with Crippen LogP contribution in [0.25, 0.3) is 0 Å². The van der Waals surface area contributed by atoms with Gasteiger partial charge in [-0.3, -0.25) is 14.5 Å². The third-order valence-corrected chi connectivity index (χ3v) is 4.45. The molecule has 1 heterocycles. The number of hydrogen-bond acceptors (Lipinski definition) is 2. The number of rotatable bonds is 2. The second-order valence-electron chi connectivity index (χ2n) is 5.31. The van der Waals surface area contributed by atoms with Crippen LogP contribution in [0.15, 0.2) is 22.7 Å². The summed E-state index contributed by atoms with van der Waals surface area (Å²) in [5.74, 6) is -0.431. The van der Waals surface area contributed by atoms with Crippen molar-refractivity contribution in [2.24, 2.45) is 5.92 Å².